The summed E-state index contributed by atoms with van der Waals surface area (Å²) >= 11 is 0. The lowest BCUT2D eigenvalue weighted by Crippen LogP contribution is -1.98. The molecule has 2 rings (SSSR count). The Morgan fingerprint density at radius 1 is 1.40 bits per heavy atom. The SMILES string of the molecule is COc1nc(C)c(N)c2c(O)cccc12. The molecule has 0 radical (unpaired) electrons. The highest BCUT2D eigenvalue weighted by molar-refractivity contribution is 6.00. The van der Waals surface area contributed by atoms with E-state index in [1.165, 1.54) is 0 Å². The Hall–Kier alpha value is -1.97. The van der Waals surface area contributed by atoms with Crippen molar-refractivity contribution in [3.05, 3.63) is 23.9 Å². The minimum Gasteiger partial charge on any atom is -0.507 e. The first-order chi connectivity index (χ1) is 7.15. The number of phenols is 1. The molecule has 1 aromatic heterocycles. The van der Waals surface area contributed by atoms with Crippen LogP contribution in [0.1, 0.15) is 5.69 Å². The van der Waals surface area contributed by atoms with Crippen molar-refractivity contribution in [1.29, 1.82) is 0 Å². The average molecular weight is 204 g/mol. The van der Waals surface area contributed by atoms with E-state index >= 15 is 0 Å². The van der Waals surface area contributed by atoms with Crippen LogP contribution in [0.3, 0.4) is 0 Å². The van der Waals surface area contributed by atoms with E-state index in [9.17, 15) is 5.11 Å². The number of nitrogens with zero attached hydrogens (tertiary/aromatic N) is 1. The Labute approximate surface area is 87.3 Å². The van der Waals surface area contributed by atoms with Crippen molar-refractivity contribution >= 4 is 16.5 Å². The van der Waals surface area contributed by atoms with Crippen molar-refractivity contribution in [2.45, 2.75) is 6.92 Å². The molecule has 0 aliphatic heterocycles. The largest absolute Gasteiger partial charge is 0.507 e. The molecule has 0 aliphatic carbocycles. The molecule has 0 saturated carbocycles. The molecule has 0 saturated heterocycles. The van der Waals surface area contributed by atoms with Gasteiger partial charge in [0.2, 0.25) is 5.88 Å². The zero-order chi connectivity index (χ0) is 11.0. The molecular formula is C11H12N2O2. The highest BCUT2D eigenvalue weighted by Gasteiger charge is 2.12. The van der Waals surface area contributed by atoms with Gasteiger partial charge in [-0.25, -0.2) is 4.98 Å². The monoisotopic (exact) mass is 204 g/mol. The van der Waals surface area contributed by atoms with E-state index < -0.39 is 0 Å². The lowest BCUT2D eigenvalue weighted by Gasteiger charge is -2.10. The van der Waals surface area contributed by atoms with E-state index in [1.54, 1.807) is 26.2 Å². The summed E-state index contributed by atoms with van der Waals surface area (Å²) in [5.74, 6) is 0.626. The second-order valence-corrected chi connectivity index (χ2v) is 3.32. The molecule has 15 heavy (non-hydrogen) atoms. The number of aromatic hydroxyl groups is 1. The van der Waals surface area contributed by atoms with Gasteiger partial charge in [0.25, 0.3) is 0 Å². The maximum Gasteiger partial charge on any atom is 0.221 e. The molecule has 0 amide bonds. The lowest BCUT2D eigenvalue weighted by molar-refractivity contribution is 0.402. The summed E-state index contributed by atoms with van der Waals surface area (Å²) in [5.41, 5.74) is 7.01. The van der Waals surface area contributed by atoms with E-state index in [0.717, 1.165) is 5.39 Å². The van der Waals surface area contributed by atoms with Gasteiger partial charge >= 0.3 is 0 Å². The highest BCUT2D eigenvalue weighted by atomic mass is 16.5. The minimum absolute atomic E-state index is 0.147. The Kier molecular flexibility index (Phi) is 2.11. The molecule has 3 N–H and O–H groups in total. The van der Waals surface area contributed by atoms with Crippen LogP contribution in [0.5, 0.6) is 11.6 Å². The molecule has 78 valence electrons. The van der Waals surface area contributed by atoms with Gasteiger partial charge in [-0.3, -0.25) is 0 Å². The van der Waals surface area contributed by atoms with Crippen molar-refractivity contribution in [2.24, 2.45) is 0 Å². The number of hydrogen-bond donors (Lipinski definition) is 2. The van der Waals surface area contributed by atoms with Crippen LogP contribution in [0.15, 0.2) is 18.2 Å². The number of aromatic nitrogens is 1. The van der Waals surface area contributed by atoms with Gasteiger partial charge in [0, 0.05) is 5.39 Å². The molecule has 2 aromatic rings. The second-order valence-electron chi connectivity index (χ2n) is 3.32. The predicted molar refractivity (Wildman–Crippen MR) is 59.1 cm³/mol. The number of rotatable bonds is 1. The van der Waals surface area contributed by atoms with E-state index in [1.807, 2.05) is 6.07 Å². The van der Waals surface area contributed by atoms with E-state index in [0.29, 0.717) is 22.6 Å². The Morgan fingerprint density at radius 3 is 2.80 bits per heavy atom. The van der Waals surface area contributed by atoms with Crippen molar-refractivity contribution in [3.8, 4) is 11.6 Å². The van der Waals surface area contributed by atoms with Gasteiger partial charge < -0.3 is 15.6 Å². The number of fused-ring (bicyclic) bond motifs is 1. The summed E-state index contributed by atoms with van der Waals surface area (Å²) in [4.78, 5) is 4.20. The fourth-order valence-electron chi connectivity index (χ4n) is 1.61. The standard InChI is InChI=1S/C11H12N2O2/c1-6-10(12)9-7(11(13-6)15-2)4-3-5-8(9)14/h3-5,14H,12H2,1-2H3. The van der Waals surface area contributed by atoms with Gasteiger partial charge in [0.15, 0.2) is 0 Å². The number of ether oxygens (including phenoxy) is 1. The summed E-state index contributed by atoms with van der Waals surface area (Å²) in [5, 5.41) is 11.1. The van der Waals surface area contributed by atoms with Crippen LogP contribution in [0, 0.1) is 6.92 Å². The molecule has 0 atom stereocenters. The third kappa shape index (κ3) is 1.34. The number of nitrogen functional groups attached to an aromatic ring is 1. The van der Waals surface area contributed by atoms with Crippen LogP contribution in [-0.2, 0) is 0 Å². The van der Waals surface area contributed by atoms with Gasteiger partial charge in [-0.1, -0.05) is 6.07 Å². The van der Waals surface area contributed by atoms with Crippen LogP contribution >= 0.6 is 0 Å². The molecule has 0 fully saturated rings. The molecule has 1 heterocycles. The Morgan fingerprint density at radius 2 is 2.13 bits per heavy atom. The maximum absolute atomic E-state index is 9.73. The Balaban J connectivity index is 2.96. The van der Waals surface area contributed by atoms with Crippen LogP contribution in [-0.4, -0.2) is 17.2 Å². The number of anilines is 1. The number of phenolic OH excluding ortho intramolecular Hbond substituents is 1. The van der Waals surface area contributed by atoms with Gasteiger partial charge in [0.1, 0.15) is 5.75 Å². The molecule has 4 heteroatoms. The fourth-order valence-corrected chi connectivity index (χ4v) is 1.61. The third-order valence-electron chi connectivity index (χ3n) is 2.39. The molecular weight excluding hydrogens is 192 g/mol. The van der Waals surface area contributed by atoms with Crippen molar-refractivity contribution < 1.29 is 9.84 Å². The van der Waals surface area contributed by atoms with Crippen molar-refractivity contribution in [3.63, 3.8) is 0 Å². The number of methoxy groups -OCH3 is 1. The minimum atomic E-state index is 0.147. The number of benzene rings is 1. The first kappa shape index (κ1) is 9.58. The first-order valence-electron chi connectivity index (χ1n) is 4.57. The van der Waals surface area contributed by atoms with E-state index in [4.69, 9.17) is 10.5 Å². The highest BCUT2D eigenvalue weighted by Crippen LogP contribution is 2.35. The van der Waals surface area contributed by atoms with Gasteiger partial charge in [-0.05, 0) is 19.1 Å². The topological polar surface area (TPSA) is 68.4 Å². The van der Waals surface area contributed by atoms with E-state index in [-0.39, 0.29) is 5.75 Å². The molecule has 0 unspecified atom stereocenters. The first-order valence-corrected chi connectivity index (χ1v) is 4.57. The number of aryl methyl sites for hydroxylation is 1. The summed E-state index contributed by atoms with van der Waals surface area (Å²) in [6.07, 6.45) is 0. The van der Waals surface area contributed by atoms with Gasteiger partial charge in [-0.15, -0.1) is 0 Å². The van der Waals surface area contributed by atoms with Crippen LogP contribution in [0.4, 0.5) is 5.69 Å². The zero-order valence-electron chi connectivity index (χ0n) is 8.61. The van der Waals surface area contributed by atoms with Crippen molar-refractivity contribution in [1.82, 2.24) is 4.98 Å². The van der Waals surface area contributed by atoms with Crippen molar-refractivity contribution in [2.75, 3.05) is 12.8 Å². The number of nitrogens with two attached hydrogens (primary N) is 1. The second kappa shape index (κ2) is 3.31. The summed E-state index contributed by atoms with van der Waals surface area (Å²) < 4.78 is 5.14. The van der Waals surface area contributed by atoms with Gasteiger partial charge in [-0.2, -0.15) is 0 Å². The summed E-state index contributed by atoms with van der Waals surface area (Å²) in [7, 11) is 1.54. The van der Waals surface area contributed by atoms with E-state index in [2.05, 4.69) is 4.98 Å². The molecule has 0 aliphatic rings. The summed E-state index contributed by atoms with van der Waals surface area (Å²) in [6.45, 7) is 1.78. The van der Waals surface area contributed by atoms with Crippen LogP contribution < -0.4 is 10.5 Å². The lowest BCUT2D eigenvalue weighted by atomic mass is 10.1. The number of hydrogen-bond acceptors (Lipinski definition) is 4. The average Bonchev–Trinajstić information content (AvgIpc) is 2.23. The predicted octanol–water partition coefficient (Wildman–Crippen LogP) is 1.84. The normalized spacial score (nSPS) is 10.5. The molecule has 1 aromatic carbocycles. The zero-order valence-corrected chi connectivity index (χ0v) is 8.61. The number of pyridine rings is 1. The quantitative estimate of drug-likeness (QED) is 0.743. The van der Waals surface area contributed by atoms with Crippen LogP contribution in [0.2, 0.25) is 0 Å². The molecule has 0 bridgehead atoms. The Bertz CT molecular complexity index is 523. The fraction of sp³-hybridized carbons (Fsp3) is 0.182. The maximum atomic E-state index is 9.73. The smallest absolute Gasteiger partial charge is 0.221 e. The summed E-state index contributed by atoms with van der Waals surface area (Å²) in [6, 6.07) is 5.14. The molecule has 4 nitrogen and oxygen atoms in total. The van der Waals surface area contributed by atoms with Crippen LogP contribution in [0.25, 0.3) is 10.8 Å². The molecule has 0 spiro atoms. The third-order valence-corrected chi connectivity index (χ3v) is 2.39. The van der Waals surface area contributed by atoms with Gasteiger partial charge in [0.05, 0.1) is 23.9 Å².